The van der Waals surface area contributed by atoms with Crippen LogP contribution in [-0.2, 0) is 11.3 Å². The van der Waals surface area contributed by atoms with Gasteiger partial charge in [-0.15, -0.1) is 0 Å². The van der Waals surface area contributed by atoms with E-state index < -0.39 is 0 Å². The van der Waals surface area contributed by atoms with E-state index >= 15 is 0 Å². The number of H-pyrrole nitrogens is 1. The van der Waals surface area contributed by atoms with Gasteiger partial charge in [0.15, 0.2) is 0 Å². The molecule has 1 amide bonds. The molecule has 6 heteroatoms. The maximum Gasteiger partial charge on any atom is 0.291 e. The van der Waals surface area contributed by atoms with E-state index in [0.29, 0.717) is 17.4 Å². The van der Waals surface area contributed by atoms with E-state index in [1.807, 2.05) is 30.0 Å². The Bertz CT molecular complexity index is 1040. The third kappa shape index (κ3) is 2.89. The highest BCUT2D eigenvalue weighted by molar-refractivity contribution is 6.06. The molecule has 1 saturated heterocycles. The van der Waals surface area contributed by atoms with Gasteiger partial charge in [-0.1, -0.05) is 25.5 Å². The summed E-state index contributed by atoms with van der Waals surface area (Å²) in [6.45, 7) is 7.85. The van der Waals surface area contributed by atoms with Gasteiger partial charge in [-0.3, -0.25) is 9.59 Å². The number of amides is 1. The van der Waals surface area contributed by atoms with E-state index in [2.05, 4.69) is 23.9 Å². The lowest BCUT2D eigenvalue weighted by Crippen LogP contribution is -2.45. The number of nitrogens with zero attached hydrogens (tertiary/aromatic N) is 3. The number of rotatable bonds is 2. The van der Waals surface area contributed by atoms with E-state index in [9.17, 15) is 9.59 Å². The second-order valence-electron chi connectivity index (χ2n) is 7.81. The van der Waals surface area contributed by atoms with Crippen LogP contribution in [0, 0.1) is 18.8 Å². The van der Waals surface area contributed by atoms with Crippen LogP contribution < -0.4 is 5.56 Å². The van der Waals surface area contributed by atoms with Crippen molar-refractivity contribution in [1.82, 2.24) is 19.7 Å². The minimum Gasteiger partial charge on any atom is -0.350 e. The van der Waals surface area contributed by atoms with Crippen LogP contribution in [0.2, 0.25) is 0 Å². The first-order valence-corrected chi connectivity index (χ1v) is 9.18. The van der Waals surface area contributed by atoms with Crippen molar-refractivity contribution in [1.29, 1.82) is 0 Å². The molecule has 3 aromatic rings. The molecule has 0 spiro atoms. The van der Waals surface area contributed by atoms with Crippen LogP contribution >= 0.6 is 0 Å². The number of likely N-dealkylation sites (tertiary alicyclic amines) is 1. The standard InChI is InChI=1S/C20H24N4O2/c1-12-4-5-17-15(7-12)16-8-21-24(20(26)19(16)22-17)11-18(25)23-9-13(2)6-14(3)10-23/h4-5,7-8,13-14,22H,6,9-11H2,1-3H3/t13-,14+. The molecule has 0 bridgehead atoms. The van der Waals surface area contributed by atoms with E-state index in [4.69, 9.17) is 0 Å². The lowest BCUT2D eigenvalue weighted by atomic mass is 9.92. The molecular formula is C20H24N4O2. The highest BCUT2D eigenvalue weighted by atomic mass is 16.2. The molecular weight excluding hydrogens is 328 g/mol. The first-order valence-electron chi connectivity index (χ1n) is 9.18. The van der Waals surface area contributed by atoms with Crippen LogP contribution in [-0.4, -0.2) is 38.7 Å². The van der Waals surface area contributed by atoms with Gasteiger partial charge < -0.3 is 9.88 Å². The fourth-order valence-corrected chi connectivity index (χ4v) is 4.15. The Morgan fingerprint density at radius 2 is 1.96 bits per heavy atom. The zero-order valence-electron chi connectivity index (χ0n) is 15.5. The summed E-state index contributed by atoms with van der Waals surface area (Å²) in [5.74, 6) is 0.947. The average molecular weight is 352 g/mol. The first kappa shape index (κ1) is 16.8. The van der Waals surface area contributed by atoms with Gasteiger partial charge in [0.25, 0.3) is 5.56 Å². The first-order chi connectivity index (χ1) is 12.4. The molecule has 1 aliphatic heterocycles. The highest BCUT2D eigenvalue weighted by Crippen LogP contribution is 2.24. The Morgan fingerprint density at radius 3 is 2.69 bits per heavy atom. The van der Waals surface area contributed by atoms with Crippen molar-refractivity contribution in [3.63, 3.8) is 0 Å². The van der Waals surface area contributed by atoms with Crippen LogP contribution in [0.3, 0.4) is 0 Å². The molecule has 0 saturated carbocycles. The third-order valence-corrected chi connectivity index (χ3v) is 5.28. The maximum atomic E-state index is 12.8. The Morgan fingerprint density at radius 1 is 1.23 bits per heavy atom. The summed E-state index contributed by atoms with van der Waals surface area (Å²) in [5.41, 5.74) is 2.30. The van der Waals surface area contributed by atoms with Gasteiger partial charge in [0.05, 0.1) is 6.20 Å². The minimum absolute atomic E-state index is 0.0113. The summed E-state index contributed by atoms with van der Waals surface area (Å²) >= 11 is 0. The van der Waals surface area contributed by atoms with Crippen LogP contribution in [0.25, 0.3) is 21.8 Å². The Hall–Kier alpha value is -2.63. The molecule has 1 aromatic carbocycles. The van der Waals surface area contributed by atoms with E-state index in [1.54, 1.807) is 6.20 Å². The summed E-state index contributed by atoms with van der Waals surface area (Å²) in [6, 6.07) is 6.02. The fraction of sp³-hybridized carbons (Fsp3) is 0.450. The molecule has 0 unspecified atom stereocenters. The molecule has 0 radical (unpaired) electrons. The smallest absolute Gasteiger partial charge is 0.291 e. The van der Waals surface area contributed by atoms with E-state index in [1.165, 1.54) is 4.68 Å². The molecule has 0 aliphatic carbocycles. The van der Waals surface area contributed by atoms with Crippen LogP contribution in [0.15, 0.2) is 29.2 Å². The number of aryl methyl sites for hydroxylation is 1. The van der Waals surface area contributed by atoms with E-state index in [0.717, 1.165) is 41.4 Å². The molecule has 26 heavy (non-hydrogen) atoms. The van der Waals surface area contributed by atoms with Gasteiger partial charge in [-0.2, -0.15) is 5.10 Å². The lowest BCUT2D eigenvalue weighted by Gasteiger charge is -2.35. The van der Waals surface area contributed by atoms with Crippen molar-refractivity contribution < 1.29 is 4.79 Å². The molecule has 2 aromatic heterocycles. The zero-order valence-corrected chi connectivity index (χ0v) is 15.5. The predicted octanol–water partition coefficient (Wildman–Crippen LogP) is 2.69. The average Bonchev–Trinajstić information content (AvgIpc) is 2.95. The number of aromatic amines is 1. The summed E-state index contributed by atoms with van der Waals surface area (Å²) in [7, 11) is 0. The van der Waals surface area contributed by atoms with E-state index in [-0.39, 0.29) is 18.0 Å². The molecule has 4 rings (SSSR count). The highest BCUT2D eigenvalue weighted by Gasteiger charge is 2.26. The van der Waals surface area contributed by atoms with Gasteiger partial charge in [0.2, 0.25) is 5.91 Å². The normalized spacial score (nSPS) is 20.8. The number of carbonyl (C=O) groups excluding carboxylic acids is 1. The Balaban J connectivity index is 1.67. The van der Waals surface area contributed by atoms with Gasteiger partial charge in [0.1, 0.15) is 12.1 Å². The number of carbonyl (C=O) groups is 1. The predicted molar refractivity (Wildman–Crippen MR) is 102 cm³/mol. The van der Waals surface area contributed by atoms with Gasteiger partial charge in [-0.25, -0.2) is 4.68 Å². The summed E-state index contributed by atoms with van der Waals surface area (Å²) in [5, 5.41) is 6.06. The topological polar surface area (TPSA) is 71.0 Å². The number of aromatic nitrogens is 3. The summed E-state index contributed by atoms with van der Waals surface area (Å²) in [6.07, 6.45) is 2.83. The SMILES string of the molecule is Cc1ccc2[nH]c3c(=O)n(CC(=O)N4C[C@H](C)C[C@H](C)C4)ncc3c2c1. The monoisotopic (exact) mass is 352 g/mol. The lowest BCUT2D eigenvalue weighted by molar-refractivity contribution is -0.134. The van der Waals surface area contributed by atoms with Crippen LogP contribution in [0.5, 0.6) is 0 Å². The van der Waals surface area contributed by atoms with Crippen molar-refractivity contribution in [2.45, 2.75) is 33.7 Å². The van der Waals surface area contributed by atoms with Crippen LogP contribution in [0.1, 0.15) is 25.8 Å². The largest absolute Gasteiger partial charge is 0.350 e. The number of benzene rings is 1. The second-order valence-corrected chi connectivity index (χ2v) is 7.81. The van der Waals surface area contributed by atoms with Crippen molar-refractivity contribution >= 4 is 27.7 Å². The van der Waals surface area contributed by atoms with Gasteiger partial charge >= 0.3 is 0 Å². The summed E-state index contributed by atoms with van der Waals surface area (Å²) in [4.78, 5) is 30.6. The molecule has 3 heterocycles. The minimum atomic E-state index is -0.247. The number of hydrogen-bond donors (Lipinski definition) is 1. The Kier molecular flexibility index (Phi) is 4.05. The molecule has 1 aliphatic rings. The maximum absolute atomic E-state index is 12.8. The number of piperidine rings is 1. The number of nitrogens with one attached hydrogen (secondary N) is 1. The van der Waals surface area contributed by atoms with Crippen LogP contribution in [0.4, 0.5) is 0 Å². The molecule has 136 valence electrons. The number of hydrogen-bond acceptors (Lipinski definition) is 3. The van der Waals surface area contributed by atoms with Crippen molar-refractivity contribution in [3.05, 3.63) is 40.3 Å². The molecule has 1 fully saturated rings. The second kappa shape index (κ2) is 6.27. The number of fused-ring (bicyclic) bond motifs is 3. The van der Waals surface area contributed by atoms with Gasteiger partial charge in [-0.05, 0) is 37.3 Å². The Labute approximate surface area is 151 Å². The fourth-order valence-electron chi connectivity index (χ4n) is 4.15. The van der Waals surface area contributed by atoms with Crippen molar-refractivity contribution in [3.8, 4) is 0 Å². The van der Waals surface area contributed by atoms with Crippen molar-refractivity contribution in [2.75, 3.05) is 13.1 Å². The zero-order chi connectivity index (χ0) is 18.4. The molecule has 2 atom stereocenters. The molecule has 6 nitrogen and oxygen atoms in total. The summed E-state index contributed by atoms with van der Waals surface area (Å²) < 4.78 is 1.27. The van der Waals surface area contributed by atoms with Gasteiger partial charge in [0, 0.05) is 29.4 Å². The third-order valence-electron chi connectivity index (χ3n) is 5.28. The quantitative estimate of drug-likeness (QED) is 0.771. The molecule has 1 N–H and O–H groups in total. The van der Waals surface area contributed by atoms with Crippen molar-refractivity contribution in [2.24, 2.45) is 11.8 Å².